The molecular weight excluding hydrogens is 238 g/mol. The molecule has 0 radical (unpaired) electrons. The Kier molecular flexibility index (Phi) is 4.97. The molecule has 0 amide bonds. The predicted molar refractivity (Wildman–Crippen MR) is 75.8 cm³/mol. The monoisotopic (exact) mass is 261 g/mol. The molecule has 104 valence electrons. The van der Waals surface area contributed by atoms with Crippen molar-refractivity contribution in [3.63, 3.8) is 0 Å². The van der Waals surface area contributed by atoms with Crippen molar-refractivity contribution in [2.75, 3.05) is 6.61 Å². The van der Waals surface area contributed by atoms with E-state index in [0.29, 0.717) is 12.6 Å². The van der Waals surface area contributed by atoms with Crippen molar-refractivity contribution in [3.05, 3.63) is 35.9 Å². The lowest BCUT2D eigenvalue weighted by atomic mass is 10.1. The van der Waals surface area contributed by atoms with Gasteiger partial charge in [-0.15, -0.1) is 0 Å². The van der Waals surface area contributed by atoms with Crippen LogP contribution in [0.2, 0.25) is 0 Å². The molecule has 3 unspecified atom stereocenters. The number of hydrogen-bond donors (Lipinski definition) is 1. The zero-order chi connectivity index (χ0) is 13.7. The van der Waals surface area contributed by atoms with Gasteiger partial charge >= 0.3 is 5.97 Å². The van der Waals surface area contributed by atoms with E-state index >= 15 is 0 Å². The number of benzene rings is 1. The highest BCUT2D eigenvalue weighted by Gasteiger charge is 2.39. The van der Waals surface area contributed by atoms with Crippen LogP contribution in [0.25, 0.3) is 0 Å². The van der Waals surface area contributed by atoms with E-state index in [-0.39, 0.29) is 12.0 Å². The Balaban J connectivity index is 2.01. The largest absolute Gasteiger partial charge is 0.465 e. The molecule has 3 atom stereocenters. The summed E-state index contributed by atoms with van der Waals surface area (Å²) in [5.74, 6) is 0.557. The molecule has 3 nitrogen and oxygen atoms in total. The van der Waals surface area contributed by atoms with Crippen molar-refractivity contribution >= 4 is 5.97 Å². The Hall–Kier alpha value is -1.35. The molecule has 1 aromatic carbocycles. The molecule has 19 heavy (non-hydrogen) atoms. The maximum Gasteiger partial charge on any atom is 0.327 e. The molecule has 0 aliphatic heterocycles. The van der Waals surface area contributed by atoms with E-state index in [0.717, 1.165) is 11.5 Å². The summed E-state index contributed by atoms with van der Waals surface area (Å²) < 4.78 is 5.18. The first-order valence-corrected chi connectivity index (χ1v) is 7.23. The van der Waals surface area contributed by atoms with Crippen molar-refractivity contribution in [1.29, 1.82) is 0 Å². The molecule has 1 aliphatic rings. The Morgan fingerprint density at radius 3 is 2.74 bits per heavy atom. The quantitative estimate of drug-likeness (QED) is 0.767. The summed E-state index contributed by atoms with van der Waals surface area (Å²) in [5, 5.41) is 3.45. The summed E-state index contributed by atoms with van der Waals surface area (Å²) in [6.45, 7) is 4.47. The SMILES string of the molecule is CCCC1CC1NC(C(=O)OCC)c1ccccc1. The van der Waals surface area contributed by atoms with Gasteiger partial charge in [-0.3, -0.25) is 5.32 Å². The van der Waals surface area contributed by atoms with Gasteiger partial charge in [-0.25, -0.2) is 4.79 Å². The molecule has 1 fully saturated rings. The highest BCUT2D eigenvalue weighted by molar-refractivity contribution is 5.77. The minimum absolute atomic E-state index is 0.171. The standard InChI is InChI=1S/C16H23NO2/c1-3-8-13-11-14(13)17-15(16(18)19-4-2)12-9-6-5-7-10-12/h5-7,9-10,13-15,17H,3-4,8,11H2,1-2H3. The molecule has 3 heteroatoms. The molecular formula is C16H23NO2. The van der Waals surface area contributed by atoms with Gasteiger partial charge in [0.25, 0.3) is 0 Å². The van der Waals surface area contributed by atoms with E-state index in [9.17, 15) is 4.79 Å². The van der Waals surface area contributed by atoms with Gasteiger partial charge in [0.05, 0.1) is 6.61 Å². The maximum atomic E-state index is 12.1. The van der Waals surface area contributed by atoms with Gasteiger partial charge in [0.1, 0.15) is 6.04 Å². The van der Waals surface area contributed by atoms with E-state index in [1.807, 2.05) is 37.3 Å². The van der Waals surface area contributed by atoms with Gasteiger partial charge < -0.3 is 4.74 Å². The lowest BCUT2D eigenvalue weighted by molar-refractivity contribution is -0.146. The molecule has 1 aromatic rings. The van der Waals surface area contributed by atoms with Crippen molar-refractivity contribution < 1.29 is 9.53 Å². The summed E-state index contributed by atoms with van der Waals surface area (Å²) in [4.78, 5) is 12.1. The summed E-state index contributed by atoms with van der Waals surface area (Å²) in [6, 6.07) is 9.97. The number of nitrogens with one attached hydrogen (secondary N) is 1. The number of carbonyl (C=O) groups is 1. The molecule has 0 aromatic heterocycles. The third-order valence-electron chi connectivity index (χ3n) is 3.62. The molecule has 0 heterocycles. The Morgan fingerprint density at radius 1 is 1.37 bits per heavy atom. The van der Waals surface area contributed by atoms with Crippen LogP contribution in [0, 0.1) is 5.92 Å². The maximum absolute atomic E-state index is 12.1. The highest BCUT2D eigenvalue weighted by Crippen LogP contribution is 2.36. The van der Waals surface area contributed by atoms with Gasteiger partial charge in [0.2, 0.25) is 0 Å². The Morgan fingerprint density at radius 2 is 2.11 bits per heavy atom. The Bertz CT molecular complexity index is 404. The van der Waals surface area contributed by atoms with Crippen molar-refractivity contribution in [2.24, 2.45) is 5.92 Å². The van der Waals surface area contributed by atoms with Crippen LogP contribution in [0.1, 0.15) is 44.7 Å². The molecule has 1 saturated carbocycles. The number of hydrogen-bond acceptors (Lipinski definition) is 3. The fourth-order valence-electron chi connectivity index (χ4n) is 2.53. The van der Waals surface area contributed by atoms with Crippen LogP contribution in [0.3, 0.4) is 0 Å². The van der Waals surface area contributed by atoms with E-state index in [1.54, 1.807) is 0 Å². The minimum Gasteiger partial charge on any atom is -0.465 e. The van der Waals surface area contributed by atoms with Crippen LogP contribution >= 0.6 is 0 Å². The fourth-order valence-corrected chi connectivity index (χ4v) is 2.53. The van der Waals surface area contributed by atoms with Crippen LogP contribution in [-0.4, -0.2) is 18.6 Å². The Labute approximate surface area is 115 Å². The smallest absolute Gasteiger partial charge is 0.327 e. The molecule has 1 aliphatic carbocycles. The van der Waals surface area contributed by atoms with Crippen molar-refractivity contribution in [1.82, 2.24) is 5.32 Å². The number of rotatable bonds is 7. The first kappa shape index (κ1) is 14.1. The van der Waals surface area contributed by atoms with Gasteiger partial charge in [-0.05, 0) is 31.2 Å². The van der Waals surface area contributed by atoms with Gasteiger partial charge in [0, 0.05) is 6.04 Å². The van der Waals surface area contributed by atoms with E-state index in [4.69, 9.17) is 4.74 Å². The average Bonchev–Trinajstić information content (AvgIpc) is 3.16. The van der Waals surface area contributed by atoms with Gasteiger partial charge in [0.15, 0.2) is 0 Å². The molecule has 0 saturated heterocycles. The predicted octanol–water partition coefficient (Wildman–Crippen LogP) is 3.07. The first-order chi connectivity index (χ1) is 9.26. The highest BCUT2D eigenvalue weighted by atomic mass is 16.5. The number of ether oxygens (including phenoxy) is 1. The molecule has 0 bridgehead atoms. The summed E-state index contributed by atoms with van der Waals surface area (Å²) >= 11 is 0. The third kappa shape index (κ3) is 3.80. The van der Waals surface area contributed by atoms with Crippen molar-refractivity contribution in [2.45, 2.75) is 45.2 Å². The van der Waals surface area contributed by atoms with Gasteiger partial charge in [-0.2, -0.15) is 0 Å². The molecule has 2 rings (SSSR count). The van der Waals surface area contributed by atoms with Crippen LogP contribution in [0.15, 0.2) is 30.3 Å². The van der Waals surface area contributed by atoms with Crippen LogP contribution in [-0.2, 0) is 9.53 Å². The van der Waals surface area contributed by atoms with Crippen LogP contribution in [0.4, 0.5) is 0 Å². The second-order valence-corrected chi connectivity index (χ2v) is 5.15. The number of carbonyl (C=O) groups excluding carboxylic acids is 1. The summed E-state index contributed by atoms with van der Waals surface area (Å²) in [5.41, 5.74) is 0.989. The second kappa shape index (κ2) is 6.71. The lowest BCUT2D eigenvalue weighted by Crippen LogP contribution is -2.32. The van der Waals surface area contributed by atoms with E-state index < -0.39 is 0 Å². The van der Waals surface area contributed by atoms with Gasteiger partial charge in [-0.1, -0.05) is 43.7 Å². The topological polar surface area (TPSA) is 38.3 Å². The normalized spacial score (nSPS) is 22.8. The van der Waals surface area contributed by atoms with E-state index in [1.165, 1.54) is 19.3 Å². The average molecular weight is 261 g/mol. The van der Waals surface area contributed by atoms with Crippen molar-refractivity contribution in [3.8, 4) is 0 Å². The molecule has 0 spiro atoms. The second-order valence-electron chi connectivity index (χ2n) is 5.15. The first-order valence-electron chi connectivity index (χ1n) is 7.23. The zero-order valence-electron chi connectivity index (χ0n) is 11.8. The fraction of sp³-hybridized carbons (Fsp3) is 0.562. The zero-order valence-corrected chi connectivity index (χ0v) is 11.8. The van der Waals surface area contributed by atoms with Crippen LogP contribution in [0.5, 0.6) is 0 Å². The lowest BCUT2D eigenvalue weighted by Gasteiger charge is -2.17. The summed E-state index contributed by atoms with van der Waals surface area (Å²) in [6.07, 6.45) is 3.62. The third-order valence-corrected chi connectivity index (χ3v) is 3.62. The number of esters is 1. The minimum atomic E-state index is -0.326. The van der Waals surface area contributed by atoms with E-state index in [2.05, 4.69) is 12.2 Å². The summed E-state index contributed by atoms with van der Waals surface area (Å²) in [7, 11) is 0. The molecule has 1 N–H and O–H groups in total. The van der Waals surface area contributed by atoms with Crippen LogP contribution < -0.4 is 5.32 Å².